The first-order valence-electron chi connectivity index (χ1n) is 12.5. The average Bonchev–Trinajstić information content (AvgIpc) is 2.74. The van der Waals surface area contributed by atoms with Crippen molar-refractivity contribution in [3.8, 4) is 17.2 Å². The summed E-state index contributed by atoms with van der Waals surface area (Å²) in [6, 6.07) is 0.799. The second kappa shape index (κ2) is 9.64. The number of rotatable bonds is 7. The molecule has 0 amide bonds. The Hall–Kier alpha value is -2.89. The summed E-state index contributed by atoms with van der Waals surface area (Å²) in [6.45, 7) is 13.1. The fraction of sp³-hybridized carbons (Fsp3) is 0.593. The molecule has 0 saturated heterocycles. The van der Waals surface area contributed by atoms with Gasteiger partial charge >= 0.3 is 15.6 Å². The highest BCUT2D eigenvalue weighted by Gasteiger charge is 2.57. The molecule has 1 aromatic rings. The van der Waals surface area contributed by atoms with Gasteiger partial charge in [-0.3, -0.25) is 14.4 Å². The Morgan fingerprint density at radius 3 is 2.13 bits per heavy atom. The Morgan fingerprint density at radius 1 is 1.08 bits per heavy atom. The van der Waals surface area contributed by atoms with E-state index in [-0.39, 0.29) is 47.3 Å². The molecule has 0 saturated carbocycles. The van der Waals surface area contributed by atoms with Crippen molar-refractivity contribution in [2.75, 3.05) is 0 Å². The van der Waals surface area contributed by atoms with Crippen LogP contribution >= 0.6 is 0 Å². The fourth-order valence-electron chi connectivity index (χ4n) is 5.26. The van der Waals surface area contributed by atoms with Gasteiger partial charge in [-0.15, -0.1) is 0 Å². The van der Waals surface area contributed by atoms with Gasteiger partial charge in [-0.05, 0) is 46.0 Å². The van der Waals surface area contributed by atoms with Gasteiger partial charge in [0.2, 0.25) is 0 Å². The lowest BCUT2D eigenvalue weighted by Crippen LogP contribution is -2.51. The molecule has 1 N–H and O–H groups in total. The SMILES string of the molecule is CC(C)CC(=O)c1c(OS(=O)(=O)C(F)(F)F)cc2c(c1O)C(CC(C)C)C1=C(O2)C(C)(C)C(=O)C(C)(C)C1=O. The van der Waals surface area contributed by atoms with Gasteiger partial charge in [0, 0.05) is 29.5 Å². The van der Waals surface area contributed by atoms with Crippen molar-refractivity contribution >= 4 is 27.5 Å². The summed E-state index contributed by atoms with van der Waals surface area (Å²) >= 11 is 0. The lowest BCUT2D eigenvalue weighted by Gasteiger charge is -2.45. The summed E-state index contributed by atoms with van der Waals surface area (Å²) in [5.41, 5.74) is -9.28. The Bertz CT molecular complexity index is 1380. The fourth-order valence-corrected chi connectivity index (χ4v) is 5.72. The van der Waals surface area contributed by atoms with E-state index in [1.54, 1.807) is 27.7 Å². The Kier molecular flexibility index (Phi) is 7.57. The number of carbonyl (C=O) groups excluding carboxylic acids is 3. The molecule has 216 valence electrons. The molecular weight excluding hydrogens is 541 g/mol. The van der Waals surface area contributed by atoms with Crippen LogP contribution in [0.25, 0.3) is 0 Å². The summed E-state index contributed by atoms with van der Waals surface area (Å²) in [5, 5.41) is 11.4. The number of alkyl halides is 3. The smallest absolute Gasteiger partial charge is 0.507 e. The summed E-state index contributed by atoms with van der Waals surface area (Å²) < 4.78 is 73.8. The molecule has 12 heteroatoms. The molecule has 8 nitrogen and oxygen atoms in total. The molecule has 1 unspecified atom stereocenters. The zero-order valence-corrected chi connectivity index (χ0v) is 23.9. The lowest BCUT2D eigenvalue weighted by atomic mass is 9.59. The average molecular weight is 575 g/mol. The molecule has 1 aliphatic heterocycles. The molecule has 1 heterocycles. The van der Waals surface area contributed by atoms with Crippen LogP contribution in [-0.2, 0) is 19.7 Å². The van der Waals surface area contributed by atoms with E-state index in [1.165, 1.54) is 13.8 Å². The summed E-state index contributed by atoms with van der Waals surface area (Å²) in [7, 11) is -6.23. The van der Waals surface area contributed by atoms with Gasteiger partial charge in [-0.25, -0.2) is 0 Å². The van der Waals surface area contributed by atoms with E-state index in [2.05, 4.69) is 4.18 Å². The number of phenolic OH excluding ortho intramolecular Hbond substituents is 1. The van der Waals surface area contributed by atoms with Gasteiger partial charge in [0.25, 0.3) is 0 Å². The van der Waals surface area contributed by atoms with Crippen molar-refractivity contribution in [2.24, 2.45) is 22.7 Å². The minimum absolute atomic E-state index is 0.0414. The van der Waals surface area contributed by atoms with Crippen molar-refractivity contribution in [3.63, 3.8) is 0 Å². The molecular formula is C27H33F3O8S. The molecule has 0 spiro atoms. The monoisotopic (exact) mass is 574 g/mol. The van der Waals surface area contributed by atoms with Crippen molar-refractivity contribution in [2.45, 2.75) is 79.7 Å². The van der Waals surface area contributed by atoms with Crippen molar-refractivity contribution in [3.05, 3.63) is 28.5 Å². The van der Waals surface area contributed by atoms with Gasteiger partial charge < -0.3 is 14.0 Å². The highest BCUT2D eigenvalue weighted by molar-refractivity contribution is 7.88. The Morgan fingerprint density at radius 2 is 1.64 bits per heavy atom. The zero-order valence-electron chi connectivity index (χ0n) is 23.1. The van der Waals surface area contributed by atoms with E-state index in [0.29, 0.717) is 0 Å². The molecule has 0 bridgehead atoms. The van der Waals surface area contributed by atoms with Crippen LogP contribution in [0.2, 0.25) is 0 Å². The van der Waals surface area contributed by atoms with Gasteiger partial charge in [0.05, 0.1) is 10.8 Å². The molecule has 1 atom stereocenters. The number of halogens is 3. The maximum Gasteiger partial charge on any atom is 0.534 e. The molecule has 0 radical (unpaired) electrons. The number of allylic oxidation sites excluding steroid dienone is 2. The van der Waals surface area contributed by atoms with Crippen LogP contribution in [0.4, 0.5) is 13.2 Å². The molecule has 0 fully saturated rings. The van der Waals surface area contributed by atoms with Crippen molar-refractivity contribution in [1.29, 1.82) is 0 Å². The Labute approximate surface area is 225 Å². The number of phenols is 1. The molecule has 39 heavy (non-hydrogen) atoms. The number of benzene rings is 1. The minimum atomic E-state index is -6.23. The van der Waals surface area contributed by atoms with Gasteiger partial charge in [-0.2, -0.15) is 21.6 Å². The van der Waals surface area contributed by atoms with E-state index in [4.69, 9.17) is 4.74 Å². The zero-order chi connectivity index (χ0) is 30.0. The standard InChI is InChI=1S/C27H33F3O8S/c1-12(2)9-14-18-16(37-23-19(14)22(33)25(5,6)24(34)26(23,7)8)11-17(38-39(35,36)27(28,29)30)20(21(18)32)15(31)10-13(3)4/h11-14,32H,9-10H2,1-8H3. The van der Waals surface area contributed by atoms with Crippen LogP contribution in [0, 0.1) is 22.7 Å². The van der Waals surface area contributed by atoms with Gasteiger partial charge in [0.1, 0.15) is 22.8 Å². The normalized spacial score (nSPS) is 20.6. The maximum atomic E-state index is 13.7. The second-order valence-corrected chi connectivity index (χ2v) is 13.5. The van der Waals surface area contributed by atoms with E-state index in [9.17, 15) is 41.1 Å². The largest absolute Gasteiger partial charge is 0.534 e. The summed E-state index contributed by atoms with van der Waals surface area (Å²) in [4.78, 5) is 40.1. The van der Waals surface area contributed by atoms with Crippen LogP contribution in [0.3, 0.4) is 0 Å². The van der Waals surface area contributed by atoms with Crippen molar-refractivity contribution < 1.29 is 50.0 Å². The third-order valence-corrected chi connectivity index (χ3v) is 7.96. The van der Waals surface area contributed by atoms with Gasteiger partial charge in [-0.1, -0.05) is 27.7 Å². The summed E-state index contributed by atoms with van der Waals surface area (Å²) in [5.74, 6) is -5.36. The van der Waals surface area contributed by atoms with E-state index >= 15 is 0 Å². The maximum absolute atomic E-state index is 13.7. The lowest BCUT2D eigenvalue weighted by molar-refractivity contribution is -0.144. The molecule has 2 aliphatic rings. The third kappa shape index (κ3) is 5.07. The van der Waals surface area contributed by atoms with Crippen LogP contribution in [0.15, 0.2) is 17.4 Å². The van der Waals surface area contributed by atoms with Gasteiger partial charge in [0.15, 0.2) is 23.1 Å². The first kappa shape index (κ1) is 30.6. The molecule has 1 aromatic carbocycles. The van der Waals surface area contributed by atoms with Crippen molar-refractivity contribution in [1.82, 2.24) is 0 Å². The third-order valence-electron chi connectivity index (χ3n) is 7.00. The van der Waals surface area contributed by atoms with Crippen LogP contribution < -0.4 is 8.92 Å². The number of ketones is 3. The van der Waals surface area contributed by atoms with E-state index < -0.39 is 66.8 Å². The van der Waals surface area contributed by atoms with E-state index in [0.717, 1.165) is 6.07 Å². The number of Topliss-reactive ketones (excluding diaryl/α,β-unsaturated/α-hetero) is 3. The highest BCUT2D eigenvalue weighted by atomic mass is 32.2. The molecule has 1 aliphatic carbocycles. The quantitative estimate of drug-likeness (QED) is 0.187. The first-order valence-corrected chi connectivity index (χ1v) is 13.9. The first-order chi connectivity index (χ1) is 17.6. The van der Waals surface area contributed by atoms with Crippen LogP contribution in [0.1, 0.15) is 90.1 Å². The minimum Gasteiger partial charge on any atom is -0.507 e. The number of hydrogen-bond donors (Lipinski definition) is 1. The second-order valence-electron chi connectivity index (χ2n) is 11.9. The molecule has 0 aromatic heterocycles. The number of hydrogen-bond acceptors (Lipinski definition) is 8. The van der Waals surface area contributed by atoms with Crippen LogP contribution in [0.5, 0.6) is 17.2 Å². The number of carbonyl (C=O) groups is 3. The number of ether oxygens (including phenoxy) is 1. The van der Waals surface area contributed by atoms with E-state index in [1.807, 2.05) is 13.8 Å². The predicted molar refractivity (Wildman–Crippen MR) is 135 cm³/mol. The topological polar surface area (TPSA) is 124 Å². The number of aromatic hydroxyl groups is 1. The van der Waals surface area contributed by atoms with Crippen LogP contribution in [-0.4, -0.2) is 36.4 Å². The Balaban J connectivity index is 2.41. The molecule has 3 rings (SSSR count). The summed E-state index contributed by atoms with van der Waals surface area (Å²) in [6.07, 6.45) is -0.000371. The predicted octanol–water partition coefficient (Wildman–Crippen LogP) is 5.83. The number of fused-ring (bicyclic) bond motifs is 1. The highest BCUT2D eigenvalue weighted by Crippen LogP contribution is 2.57.